The number of nitrogens with zero attached hydrogens (tertiary/aromatic N) is 3. The fraction of sp³-hybridized carbons (Fsp3) is 0.273. The number of aliphatic hydroxyl groups is 2. The zero-order chi connectivity index (χ0) is 30.1. The first-order chi connectivity index (χ1) is 20.8. The molecule has 0 saturated carbocycles. The van der Waals surface area contributed by atoms with Crippen LogP contribution in [0.2, 0.25) is 0 Å². The monoisotopic (exact) mass is 589 g/mol. The number of aliphatic hydroxyl groups excluding tert-OH is 1. The Bertz CT molecular complexity index is 1780. The van der Waals surface area contributed by atoms with E-state index in [4.69, 9.17) is 14.5 Å². The summed E-state index contributed by atoms with van der Waals surface area (Å²) in [6.45, 7) is 2.80. The summed E-state index contributed by atoms with van der Waals surface area (Å²) in [5.41, 5.74) is 2.97. The third kappa shape index (κ3) is 6.13. The zero-order valence-corrected chi connectivity index (χ0v) is 23.4. The van der Waals surface area contributed by atoms with Crippen molar-refractivity contribution >= 4 is 11.0 Å². The normalized spacial score (nSPS) is 15.4. The molecule has 5 aromatic rings. The second-order valence-electron chi connectivity index (χ2n) is 10.7. The van der Waals surface area contributed by atoms with E-state index in [0.29, 0.717) is 41.2 Å². The molecule has 6 rings (SSSR count). The maximum atomic E-state index is 15.6. The predicted octanol–water partition coefficient (Wildman–Crippen LogP) is 6.33. The molecular formula is C33H30F3N3O4. The molecule has 3 aromatic carbocycles. The molecule has 2 N–H and O–H groups in total. The number of pyridine rings is 1. The molecule has 1 saturated heterocycles. The van der Waals surface area contributed by atoms with Gasteiger partial charge in [0.15, 0.2) is 6.29 Å². The zero-order valence-electron chi connectivity index (χ0n) is 23.4. The maximum Gasteiger partial charge on any atom is 0.214 e. The average Bonchev–Trinajstić information content (AvgIpc) is 3.36. The van der Waals surface area contributed by atoms with Crippen molar-refractivity contribution in [3.05, 3.63) is 112 Å². The van der Waals surface area contributed by atoms with Crippen molar-refractivity contribution in [1.82, 2.24) is 14.5 Å². The van der Waals surface area contributed by atoms with Crippen LogP contribution in [-0.4, -0.2) is 38.0 Å². The van der Waals surface area contributed by atoms with Gasteiger partial charge in [0.2, 0.25) is 5.88 Å². The van der Waals surface area contributed by atoms with Gasteiger partial charge < -0.3 is 24.3 Å². The molecule has 1 atom stereocenters. The summed E-state index contributed by atoms with van der Waals surface area (Å²) < 4.78 is 58.5. The number of imidazole rings is 1. The minimum absolute atomic E-state index is 0.00389. The number of ether oxygens (including phenoxy) is 2. The Kier molecular flexibility index (Phi) is 8.16. The predicted molar refractivity (Wildman–Crippen MR) is 154 cm³/mol. The van der Waals surface area contributed by atoms with Gasteiger partial charge in [0.05, 0.1) is 29.4 Å². The lowest BCUT2D eigenvalue weighted by Crippen LogP contribution is -2.23. The molecule has 0 radical (unpaired) electrons. The second kappa shape index (κ2) is 12.2. The Hall–Kier alpha value is -4.25. The highest BCUT2D eigenvalue weighted by atomic mass is 19.1. The lowest BCUT2D eigenvalue weighted by atomic mass is 10.0. The Balaban J connectivity index is 1.29. The van der Waals surface area contributed by atoms with E-state index in [9.17, 15) is 14.6 Å². The SMILES string of the molecule is Cc1ccc(COc2cccc(-c3cc(F)c(Cc4nc5ccc(C(O)O)cc5n4C4CCCOC4)cc3F)n2)c(F)c1. The average molecular weight is 590 g/mol. The van der Waals surface area contributed by atoms with Crippen LogP contribution in [0, 0.1) is 24.4 Å². The van der Waals surface area contributed by atoms with Gasteiger partial charge in [-0.25, -0.2) is 23.1 Å². The van der Waals surface area contributed by atoms with Crippen LogP contribution in [0.15, 0.2) is 66.7 Å². The third-order valence-corrected chi connectivity index (χ3v) is 7.65. The first kappa shape index (κ1) is 28.9. The largest absolute Gasteiger partial charge is 0.473 e. The van der Waals surface area contributed by atoms with Gasteiger partial charge in [0.1, 0.15) is 29.9 Å². The number of halogens is 3. The summed E-state index contributed by atoms with van der Waals surface area (Å²) in [5.74, 6) is -1.03. The van der Waals surface area contributed by atoms with Crippen molar-refractivity contribution in [2.24, 2.45) is 0 Å². The number of aromatic nitrogens is 3. The number of fused-ring (bicyclic) bond motifs is 1. The van der Waals surface area contributed by atoms with Gasteiger partial charge in [0, 0.05) is 35.8 Å². The van der Waals surface area contributed by atoms with E-state index < -0.39 is 23.7 Å². The quantitative estimate of drug-likeness (QED) is 0.206. The van der Waals surface area contributed by atoms with E-state index in [0.717, 1.165) is 30.5 Å². The smallest absolute Gasteiger partial charge is 0.214 e. The Morgan fingerprint density at radius 2 is 1.79 bits per heavy atom. The van der Waals surface area contributed by atoms with E-state index in [1.807, 2.05) is 4.57 Å². The summed E-state index contributed by atoms with van der Waals surface area (Å²) in [4.78, 5) is 9.03. The molecule has 7 nitrogen and oxygen atoms in total. The molecule has 222 valence electrons. The van der Waals surface area contributed by atoms with Crippen LogP contribution in [0.25, 0.3) is 22.3 Å². The van der Waals surface area contributed by atoms with Gasteiger partial charge in [-0.3, -0.25) is 0 Å². The molecule has 1 fully saturated rings. The number of hydrogen-bond acceptors (Lipinski definition) is 6. The van der Waals surface area contributed by atoms with Gasteiger partial charge in [-0.15, -0.1) is 0 Å². The summed E-state index contributed by atoms with van der Waals surface area (Å²) in [6.07, 6.45) is -0.0105. The number of benzene rings is 3. The van der Waals surface area contributed by atoms with E-state index in [1.54, 1.807) is 55.5 Å². The molecule has 10 heteroatoms. The summed E-state index contributed by atoms with van der Waals surface area (Å²) >= 11 is 0. The van der Waals surface area contributed by atoms with Gasteiger partial charge in [-0.1, -0.05) is 24.3 Å². The van der Waals surface area contributed by atoms with Crippen LogP contribution in [0.3, 0.4) is 0 Å². The van der Waals surface area contributed by atoms with E-state index in [-0.39, 0.29) is 41.8 Å². The molecule has 0 bridgehead atoms. The Morgan fingerprint density at radius 1 is 0.953 bits per heavy atom. The molecule has 0 aliphatic carbocycles. The highest BCUT2D eigenvalue weighted by molar-refractivity contribution is 5.77. The number of rotatable bonds is 8. The highest BCUT2D eigenvalue weighted by Gasteiger charge is 2.24. The van der Waals surface area contributed by atoms with E-state index >= 15 is 8.78 Å². The Morgan fingerprint density at radius 3 is 2.56 bits per heavy atom. The van der Waals surface area contributed by atoms with Crippen molar-refractivity contribution in [3.63, 3.8) is 0 Å². The molecular weight excluding hydrogens is 559 g/mol. The summed E-state index contributed by atoms with van der Waals surface area (Å²) in [6, 6.07) is 16.6. The molecule has 2 aromatic heterocycles. The molecule has 1 unspecified atom stereocenters. The van der Waals surface area contributed by atoms with Crippen LogP contribution >= 0.6 is 0 Å². The molecule has 0 spiro atoms. The standard InChI is InChI=1S/C33H30F3N3O4/c1-19-7-8-21(25(34)12-19)17-43-32-6-2-5-28(38-32)24-16-26(35)22(13-27(24)36)15-31-37-29-10-9-20(33(40)41)14-30(29)39(31)23-4-3-11-42-18-23/h2,5-10,12-14,16,23,33,40-41H,3-4,11,15,17-18H2,1H3. The molecule has 0 amide bonds. The van der Waals surface area contributed by atoms with Crippen molar-refractivity contribution in [2.45, 2.75) is 45.1 Å². The van der Waals surface area contributed by atoms with Gasteiger partial charge in [0.25, 0.3) is 0 Å². The fourth-order valence-electron chi connectivity index (χ4n) is 5.44. The molecule has 43 heavy (non-hydrogen) atoms. The first-order valence-electron chi connectivity index (χ1n) is 14.0. The van der Waals surface area contributed by atoms with E-state index in [2.05, 4.69) is 4.98 Å². The van der Waals surface area contributed by atoms with Crippen LogP contribution in [0.4, 0.5) is 13.2 Å². The van der Waals surface area contributed by atoms with Gasteiger partial charge in [-0.05, 0) is 67.3 Å². The van der Waals surface area contributed by atoms with Crippen molar-refractivity contribution in [2.75, 3.05) is 13.2 Å². The third-order valence-electron chi connectivity index (χ3n) is 7.65. The Labute approximate surface area is 246 Å². The van der Waals surface area contributed by atoms with Crippen LogP contribution in [-0.2, 0) is 17.8 Å². The number of hydrogen-bond donors (Lipinski definition) is 2. The lowest BCUT2D eigenvalue weighted by Gasteiger charge is -2.26. The molecule has 1 aliphatic heterocycles. The maximum absolute atomic E-state index is 15.6. The fourth-order valence-corrected chi connectivity index (χ4v) is 5.44. The highest BCUT2D eigenvalue weighted by Crippen LogP contribution is 2.32. The number of aryl methyl sites for hydroxylation is 1. The van der Waals surface area contributed by atoms with Crippen molar-refractivity contribution < 1.29 is 32.9 Å². The van der Waals surface area contributed by atoms with Crippen LogP contribution in [0.5, 0.6) is 5.88 Å². The molecule has 1 aliphatic rings. The van der Waals surface area contributed by atoms with Crippen molar-refractivity contribution in [3.8, 4) is 17.1 Å². The lowest BCUT2D eigenvalue weighted by molar-refractivity contribution is -0.0424. The molecule has 3 heterocycles. The summed E-state index contributed by atoms with van der Waals surface area (Å²) in [5, 5.41) is 19.4. The van der Waals surface area contributed by atoms with Gasteiger partial charge >= 0.3 is 0 Å². The van der Waals surface area contributed by atoms with E-state index in [1.165, 1.54) is 6.07 Å². The second-order valence-corrected chi connectivity index (χ2v) is 10.7. The topological polar surface area (TPSA) is 89.6 Å². The van der Waals surface area contributed by atoms with Crippen molar-refractivity contribution in [1.29, 1.82) is 0 Å². The van der Waals surface area contributed by atoms with Gasteiger partial charge in [-0.2, -0.15) is 0 Å². The van der Waals surface area contributed by atoms with Crippen LogP contribution in [0.1, 0.15) is 53.3 Å². The summed E-state index contributed by atoms with van der Waals surface area (Å²) in [7, 11) is 0. The minimum atomic E-state index is -1.65. The van der Waals surface area contributed by atoms with Crippen LogP contribution < -0.4 is 4.74 Å². The first-order valence-corrected chi connectivity index (χ1v) is 14.0. The minimum Gasteiger partial charge on any atom is -0.473 e.